The van der Waals surface area contributed by atoms with Crippen LogP contribution >= 0.6 is 23.2 Å². The lowest BCUT2D eigenvalue weighted by Gasteiger charge is -2.14. The monoisotopic (exact) mass is 297 g/mol. The summed E-state index contributed by atoms with van der Waals surface area (Å²) in [7, 11) is 0. The van der Waals surface area contributed by atoms with E-state index in [4.69, 9.17) is 23.2 Å². The Hall–Kier alpha value is -1.09. The van der Waals surface area contributed by atoms with Gasteiger partial charge >= 0.3 is 0 Å². The summed E-state index contributed by atoms with van der Waals surface area (Å²) in [5.41, 5.74) is 2.10. The molecule has 0 fully saturated rings. The van der Waals surface area contributed by atoms with Gasteiger partial charge in [-0.3, -0.25) is 0 Å². The van der Waals surface area contributed by atoms with Gasteiger partial charge in [0, 0.05) is 17.6 Å². The zero-order valence-electron chi connectivity index (χ0n) is 10.5. The Morgan fingerprint density at radius 3 is 2.42 bits per heavy atom. The van der Waals surface area contributed by atoms with Crippen molar-refractivity contribution in [1.29, 1.82) is 0 Å². The van der Waals surface area contributed by atoms with E-state index in [0.717, 1.165) is 16.1 Å². The Morgan fingerprint density at radius 2 is 1.79 bits per heavy atom. The first-order chi connectivity index (χ1) is 9.06. The number of hydrogen-bond acceptors (Lipinski definition) is 1. The van der Waals surface area contributed by atoms with E-state index >= 15 is 0 Å². The van der Waals surface area contributed by atoms with Gasteiger partial charge in [-0.05, 0) is 42.3 Å². The molecule has 0 saturated carbocycles. The molecule has 2 aromatic carbocycles. The molecule has 1 unspecified atom stereocenters. The van der Waals surface area contributed by atoms with Gasteiger partial charge in [-0.2, -0.15) is 0 Å². The molecule has 2 rings (SSSR count). The number of halogens is 3. The summed E-state index contributed by atoms with van der Waals surface area (Å²) in [5.74, 6) is -0.392. The zero-order valence-corrected chi connectivity index (χ0v) is 12.0. The molecule has 1 atom stereocenters. The summed E-state index contributed by atoms with van der Waals surface area (Å²) in [6, 6.07) is 12.6. The lowest BCUT2D eigenvalue weighted by molar-refractivity contribution is 0.573. The Bertz CT molecular complexity index is 555. The number of hydrogen-bond donors (Lipinski definition) is 1. The molecule has 19 heavy (non-hydrogen) atoms. The Kier molecular flexibility index (Phi) is 4.81. The van der Waals surface area contributed by atoms with Crippen molar-refractivity contribution in [2.75, 3.05) is 0 Å². The highest BCUT2D eigenvalue weighted by atomic mass is 35.5. The van der Waals surface area contributed by atoms with E-state index in [0.29, 0.717) is 6.54 Å². The van der Waals surface area contributed by atoms with Gasteiger partial charge in [0.2, 0.25) is 0 Å². The van der Waals surface area contributed by atoms with Crippen molar-refractivity contribution >= 4 is 23.2 Å². The van der Waals surface area contributed by atoms with E-state index in [2.05, 4.69) is 12.2 Å². The average Bonchev–Trinajstić information content (AvgIpc) is 2.40. The maximum atomic E-state index is 13.0. The summed E-state index contributed by atoms with van der Waals surface area (Å²) in [5, 5.41) is 4.23. The summed E-state index contributed by atoms with van der Waals surface area (Å²) in [6.07, 6.45) is 0. The highest BCUT2D eigenvalue weighted by molar-refractivity contribution is 6.31. The van der Waals surface area contributed by atoms with E-state index in [1.165, 1.54) is 6.07 Å². The van der Waals surface area contributed by atoms with Gasteiger partial charge in [0.1, 0.15) is 5.82 Å². The largest absolute Gasteiger partial charge is 0.306 e. The van der Waals surface area contributed by atoms with E-state index in [-0.39, 0.29) is 11.1 Å². The number of benzene rings is 2. The second-order valence-corrected chi connectivity index (χ2v) is 5.25. The van der Waals surface area contributed by atoms with Crippen LogP contribution in [0.15, 0.2) is 42.5 Å². The van der Waals surface area contributed by atoms with Gasteiger partial charge in [-0.25, -0.2) is 4.39 Å². The topological polar surface area (TPSA) is 12.0 Å². The minimum atomic E-state index is -0.392. The van der Waals surface area contributed by atoms with Crippen molar-refractivity contribution in [3.63, 3.8) is 0 Å². The fraction of sp³-hybridized carbons (Fsp3) is 0.200. The van der Waals surface area contributed by atoms with Crippen LogP contribution in [0.3, 0.4) is 0 Å². The van der Waals surface area contributed by atoms with E-state index in [1.807, 2.05) is 24.3 Å². The summed E-state index contributed by atoms with van der Waals surface area (Å²) in [4.78, 5) is 0. The smallest absolute Gasteiger partial charge is 0.141 e. The summed E-state index contributed by atoms with van der Waals surface area (Å²) < 4.78 is 13.0. The van der Waals surface area contributed by atoms with Crippen LogP contribution in [0, 0.1) is 5.82 Å². The van der Waals surface area contributed by atoms with Crippen molar-refractivity contribution in [1.82, 2.24) is 5.32 Å². The van der Waals surface area contributed by atoms with Gasteiger partial charge in [-0.15, -0.1) is 0 Å². The Labute approximate surface area is 122 Å². The molecule has 2 aromatic rings. The normalized spacial score (nSPS) is 12.4. The molecule has 0 saturated heterocycles. The summed E-state index contributed by atoms with van der Waals surface area (Å²) >= 11 is 11.6. The quantitative estimate of drug-likeness (QED) is 0.839. The molecule has 0 aliphatic rings. The zero-order chi connectivity index (χ0) is 13.8. The maximum absolute atomic E-state index is 13.0. The molecule has 0 amide bonds. The highest BCUT2D eigenvalue weighted by Gasteiger charge is 2.06. The van der Waals surface area contributed by atoms with Crippen LogP contribution in [0.4, 0.5) is 4.39 Å². The van der Waals surface area contributed by atoms with Crippen LogP contribution in [0.1, 0.15) is 24.1 Å². The van der Waals surface area contributed by atoms with Crippen molar-refractivity contribution in [2.45, 2.75) is 19.5 Å². The Balaban J connectivity index is 1.98. The first-order valence-corrected chi connectivity index (χ1v) is 6.74. The van der Waals surface area contributed by atoms with Gasteiger partial charge < -0.3 is 5.32 Å². The molecule has 0 heterocycles. The third-order valence-corrected chi connectivity index (χ3v) is 3.51. The first-order valence-electron chi connectivity index (χ1n) is 5.99. The standard InChI is InChI=1S/C15H14Cl2FN/c1-10(12-3-5-13(16)6-4-12)19-9-11-2-7-15(18)14(17)8-11/h2-8,10,19H,9H2,1H3. The molecule has 0 aliphatic carbocycles. The van der Waals surface area contributed by atoms with Crippen LogP contribution in [-0.4, -0.2) is 0 Å². The van der Waals surface area contributed by atoms with E-state index in [9.17, 15) is 4.39 Å². The minimum absolute atomic E-state index is 0.151. The molecule has 0 aliphatic heterocycles. The molecular formula is C15H14Cl2FN. The molecule has 4 heteroatoms. The van der Waals surface area contributed by atoms with Crippen molar-refractivity contribution in [2.24, 2.45) is 0 Å². The van der Waals surface area contributed by atoms with E-state index < -0.39 is 5.82 Å². The van der Waals surface area contributed by atoms with Crippen molar-refractivity contribution in [3.05, 3.63) is 69.5 Å². The minimum Gasteiger partial charge on any atom is -0.306 e. The van der Waals surface area contributed by atoms with Crippen molar-refractivity contribution in [3.8, 4) is 0 Å². The van der Waals surface area contributed by atoms with Crippen LogP contribution in [0.25, 0.3) is 0 Å². The lowest BCUT2D eigenvalue weighted by Crippen LogP contribution is -2.18. The fourth-order valence-corrected chi connectivity index (χ4v) is 2.12. The van der Waals surface area contributed by atoms with Crippen LogP contribution in [-0.2, 0) is 6.54 Å². The highest BCUT2D eigenvalue weighted by Crippen LogP contribution is 2.18. The molecule has 0 spiro atoms. The van der Waals surface area contributed by atoms with Crippen molar-refractivity contribution < 1.29 is 4.39 Å². The van der Waals surface area contributed by atoms with Crippen LogP contribution < -0.4 is 5.32 Å². The van der Waals surface area contributed by atoms with Gasteiger partial charge in [-0.1, -0.05) is 41.4 Å². The second-order valence-electron chi connectivity index (χ2n) is 4.40. The molecular weight excluding hydrogens is 284 g/mol. The molecule has 0 bridgehead atoms. The van der Waals surface area contributed by atoms with Crippen LogP contribution in [0.5, 0.6) is 0 Å². The first kappa shape index (κ1) is 14.3. The van der Waals surface area contributed by atoms with Crippen LogP contribution in [0.2, 0.25) is 10.0 Å². The number of rotatable bonds is 4. The predicted molar refractivity (Wildman–Crippen MR) is 78.1 cm³/mol. The maximum Gasteiger partial charge on any atom is 0.141 e. The summed E-state index contributed by atoms with van der Waals surface area (Å²) in [6.45, 7) is 2.69. The molecule has 0 radical (unpaired) electrons. The van der Waals surface area contributed by atoms with Gasteiger partial charge in [0.15, 0.2) is 0 Å². The third kappa shape index (κ3) is 3.93. The van der Waals surface area contributed by atoms with Gasteiger partial charge in [0.25, 0.3) is 0 Å². The second kappa shape index (κ2) is 6.38. The van der Waals surface area contributed by atoms with Gasteiger partial charge in [0.05, 0.1) is 5.02 Å². The fourth-order valence-electron chi connectivity index (χ4n) is 1.79. The molecule has 1 N–H and O–H groups in total. The van der Waals surface area contributed by atoms with E-state index in [1.54, 1.807) is 12.1 Å². The predicted octanol–water partition coefficient (Wildman–Crippen LogP) is 4.98. The molecule has 1 nitrogen and oxygen atoms in total. The molecule has 100 valence electrons. The third-order valence-electron chi connectivity index (χ3n) is 2.97. The SMILES string of the molecule is CC(NCc1ccc(F)c(Cl)c1)c1ccc(Cl)cc1. The Morgan fingerprint density at radius 1 is 1.11 bits per heavy atom. The molecule has 0 aromatic heterocycles. The lowest BCUT2D eigenvalue weighted by atomic mass is 10.1. The number of nitrogens with one attached hydrogen (secondary N) is 1. The average molecular weight is 298 g/mol.